The van der Waals surface area contributed by atoms with Gasteiger partial charge in [0.05, 0.1) is 13.0 Å². The number of carbonyl (C=O) groups is 1. The lowest BCUT2D eigenvalue weighted by molar-refractivity contribution is -0.119. The van der Waals surface area contributed by atoms with Crippen molar-refractivity contribution < 1.29 is 9.53 Å². The van der Waals surface area contributed by atoms with E-state index in [2.05, 4.69) is 24.5 Å². The maximum Gasteiger partial charge on any atom is 0.230 e. The highest BCUT2D eigenvalue weighted by molar-refractivity contribution is 7.80. The summed E-state index contributed by atoms with van der Waals surface area (Å²) >= 11 is 11.0. The van der Waals surface area contributed by atoms with Crippen LogP contribution in [0.25, 0.3) is 0 Å². The molecule has 0 bridgehead atoms. The van der Waals surface area contributed by atoms with E-state index in [1.54, 1.807) is 12.1 Å². The zero-order chi connectivity index (χ0) is 18.2. The molecule has 0 unspecified atom stereocenters. The number of amides is 1. The maximum absolute atomic E-state index is 12.0. The quantitative estimate of drug-likeness (QED) is 0.732. The van der Waals surface area contributed by atoms with E-state index in [-0.39, 0.29) is 17.4 Å². The molecule has 2 N–H and O–H groups in total. The van der Waals surface area contributed by atoms with Crippen LogP contribution in [0.4, 0.5) is 5.69 Å². The van der Waals surface area contributed by atoms with Gasteiger partial charge < -0.3 is 15.4 Å². The zero-order valence-electron chi connectivity index (χ0n) is 14.2. The lowest BCUT2D eigenvalue weighted by Crippen LogP contribution is -2.35. The van der Waals surface area contributed by atoms with Crippen LogP contribution in [0.15, 0.2) is 48.5 Å². The minimum absolute atomic E-state index is 0.188. The third-order valence-electron chi connectivity index (χ3n) is 3.21. The fourth-order valence-corrected chi connectivity index (χ4v) is 2.41. The number of nitrogens with one attached hydrogen (secondary N) is 2. The van der Waals surface area contributed by atoms with Crippen LogP contribution in [0.1, 0.15) is 19.4 Å². The highest BCUT2D eigenvalue weighted by atomic mass is 35.5. The van der Waals surface area contributed by atoms with Crippen LogP contribution in [0.5, 0.6) is 5.75 Å². The van der Waals surface area contributed by atoms with Gasteiger partial charge in [0.2, 0.25) is 5.91 Å². The Morgan fingerprint density at radius 2 is 1.92 bits per heavy atom. The molecule has 0 spiro atoms. The SMILES string of the molecule is CC(C)COc1cccc(NC(=S)NC(=O)Cc2ccc(Cl)cc2)c1. The summed E-state index contributed by atoms with van der Waals surface area (Å²) in [5, 5.41) is 6.55. The van der Waals surface area contributed by atoms with Gasteiger partial charge in [0.1, 0.15) is 5.75 Å². The molecular weight excluding hydrogens is 356 g/mol. The third kappa shape index (κ3) is 7.11. The molecule has 0 aromatic heterocycles. The van der Waals surface area contributed by atoms with Gasteiger partial charge in [-0.1, -0.05) is 43.6 Å². The molecule has 132 valence electrons. The summed E-state index contributed by atoms with van der Waals surface area (Å²) < 4.78 is 5.68. The van der Waals surface area contributed by atoms with Gasteiger partial charge in [0, 0.05) is 16.8 Å². The van der Waals surface area contributed by atoms with Gasteiger partial charge in [-0.25, -0.2) is 0 Å². The topological polar surface area (TPSA) is 50.4 Å². The first-order chi connectivity index (χ1) is 11.9. The first-order valence-electron chi connectivity index (χ1n) is 8.00. The van der Waals surface area contributed by atoms with Gasteiger partial charge in [0.25, 0.3) is 0 Å². The van der Waals surface area contributed by atoms with Crippen molar-refractivity contribution in [3.63, 3.8) is 0 Å². The summed E-state index contributed by atoms with van der Waals surface area (Å²) in [4.78, 5) is 12.0. The van der Waals surface area contributed by atoms with E-state index >= 15 is 0 Å². The average Bonchev–Trinajstić information content (AvgIpc) is 2.55. The third-order valence-corrected chi connectivity index (χ3v) is 3.66. The Balaban J connectivity index is 1.85. The molecule has 0 aliphatic carbocycles. The normalized spacial score (nSPS) is 10.4. The second-order valence-corrected chi connectivity index (χ2v) is 6.88. The lowest BCUT2D eigenvalue weighted by Gasteiger charge is -2.12. The first-order valence-corrected chi connectivity index (χ1v) is 8.79. The number of hydrogen-bond acceptors (Lipinski definition) is 3. The van der Waals surface area contributed by atoms with Gasteiger partial charge >= 0.3 is 0 Å². The smallest absolute Gasteiger partial charge is 0.230 e. The molecule has 0 aliphatic heterocycles. The Labute approximate surface area is 158 Å². The number of rotatable bonds is 6. The molecule has 0 heterocycles. The minimum Gasteiger partial charge on any atom is -0.493 e. The number of halogens is 1. The Morgan fingerprint density at radius 3 is 2.60 bits per heavy atom. The molecule has 0 atom stereocenters. The fraction of sp³-hybridized carbons (Fsp3) is 0.263. The Hall–Kier alpha value is -2.11. The van der Waals surface area contributed by atoms with Crippen LogP contribution in [0.3, 0.4) is 0 Å². The highest BCUT2D eigenvalue weighted by Gasteiger charge is 2.07. The first kappa shape index (κ1) is 19.2. The van der Waals surface area contributed by atoms with Crippen molar-refractivity contribution in [1.29, 1.82) is 0 Å². The highest BCUT2D eigenvalue weighted by Crippen LogP contribution is 2.18. The molecule has 25 heavy (non-hydrogen) atoms. The number of carbonyl (C=O) groups excluding carboxylic acids is 1. The summed E-state index contributed by atoms with van der Waals surface area (Å²) in [6.07, 6.45) is 0.233. The number of hydrogen-bond donors (Lipinski definition) is 2. The molecule has 0 aliphatic rings. The van der Waals surface area contributed by atoms with Gasteiger partial charge in [-0.2, -0.15) is 0 Å². The molecule has 0 saturated heterocycles. The summed E-state index contributed by atoms with van der Waals surface area (Å²) in [7, 11) is 0. The van der Waals surface area contributed by atoms with Gasteiger partial charge in [0.15, 0.2) is 5.11 Å². The van der Waals surface area contributed by atoms with Crippen molar-refractivity contribution >= 4 is 40.5 Å². The second kappa shape index (κ2) is 9.39. The van der Waals surface area contributed by atoms with Crippen molar-refractivity contribution in [1.82, 2.24) is 5.32 Å². The van der Waals surface area contributed by atoms with Crippen LogP contribution in [-0.4, -0.2) is 17.6 Å². The standard InChI is InChI=1S/C19H21ClN2O2S/c1-13(2)12-24-17-5-3-4-16(11-17)21-19(25)22-18(23)10-14-6-8-15(20)9-7-14/h3-9,11,13H,10,12H2,1-2H3,(H2,21,22,23,25). The Kier molecular flexibility index (Phi) is 7.22. The van der Waals surface area contributed by atoms with Crippen LogP contribution in [0.2, 0.25) is 5.02 Å². The maximum atomic E-state index is 12.0. The van der Waals surface area contributed by atoms with Crippen LogP contribution >= 0.6 is 23.8 Å². The summed E-state index contributed by atoms with van der Waals surface area (Å²) in [6.45, 7) is 4.83. The monoisotopic (exact) mass is 376 g/mol. The van der Waals surface area contributed by atoms with E-state index in [4.69, 9.17) is 28.6 Å². The molecule has 2 aromatic carbocycles. The van der Waals surface area contributed by atoms with Gasteiger partial charge in [-0.3, -0.25) is 4.79 Å². The molecule has 0 saturated carbocycles. The molecule has 0 fully saturated rings. The van der Waals surface area contributed by atoms with E-state index in [0.29, 0.717) is 17.5 Å². The molecular formula is C19H21ClN2O2S. The largest absolute Gasteiger partial charge is 0.493 e. The van der Waals surface area contributed by atoms with Crippen LogP contribution < -0.4 is 15.4 Å². The lowest BCUT2D eigenvalue weighted by atomic mass is 10.1. The Bertz CT molecular complexity index is 732. The van der Waals surface area contributed by atoms with Gasteiger partial charge in [-0.15, -0.1) is 0 Å². The van der Waals surface area contributed by atoms with E-state index in [0.717, 1.165) is 17.0 Å². The molecule has 2 aromatic rings. The van der Waals surface area contributed by atoms with Crippen molar-refractivity contribution in [2.45, 2.75) is 20.3 Å². The molecule has 0 radical (unpaired) electrons. The molecule has 6 heteroatoms. The van der Waals surface area contributed by atoms with Crippen molar-refractivity contribution in [2.24, 2.45) is 5.92 Å². The number of anilines is 1. The summed E-state index contributed by atoms with van der Waals surface area (Å²) in [6, 6.07) is 14.6. The summed E-state index contributed by atoms with van der Waals surface area (Å²) in [5.41, 5.74) is 1.63. The second-order valence-electron chi connectivity index (χ2n) is 6.04. The number of benzene rings is 2. The number of thiocarbonyl (C=S) groups is 1. The average molecular weight is 377 g/mol. The van der Waals surface area contributed by atoms with Crippen molar-refractivity contribution in [2.75, 3.05) is 11.9 Å². The van der Waals surface area contributed by atoms with E-state index in [1.807, 2.05) is 36.4 Å². The fourth-order valence-electron chi connectivity index (χ4n) is 2.05. The molecule has 2 rings (SSSR count). The van der Waals surface area contributed by atoms with E-state index < -0.39 is 0 Å². The predicted octanol–water partition coefficient (Wildman–Crippen LogP) is 4.43. The minimum atomic E-state index is -0.188. The zero-order valence-corrected chi connectivity index (χ0v) is 15.8. The predicted molar refractivity (Wildman–Crippen MR) is 106 cm³/mol. The van der Waals surface area contributed by atoms with Gasteiger partial charge in [-0.05, 0) is 48.0 Å². The van der Waals surface area contributed by atoms with Crippen LogP contribution in [0, 0.1) is 5.92 Å². The van der Waals surface area contributed by atoms with Crippen molar-refractivity contribution in [3.8, 4) is 5.75 Å². The molecule has 1 amide bonds. The molecule has 4 nitrogen and oxygen atoms in total. The van der Waals surface area contributed by atoms with E-state index in [1.165, 1.54) is 0 Å². The van der Waals surface area contributed by atoms with Crippen molar-refractivity contribution in [3.05, 3.63) is 59.1 Å². The number of ether oxygens (including phenoxy) is 1. The Morgan fingerprint density at radius 1 is 1.20 bits per heavy atom. The van der Waals surface area contributed by atoms with Crippen LogP contribution in [-0.2, 0) is 11.2 Å². The van der Waals surface area contributed by atoms with E-state index in [9.17, 15) is 4.79 Å². The summed E-state index contributed by atoms with van der Waals surface area (Å²) in [5.74, 6) is 1.02.